The first kappa shape index (κ1) is 14.1. The van der Waals surface area contributed by atoms with Crippen LogP contribution >= 0.6 is 0 Å². The molecule has 1 aromatic heterocycles. The molecule has 0 radical (unpaired) electrons. The Morgan fingerprint density at radius 3 is 2.72 bits per heavy atom. The normalized spacial score (nSPS) is 11.3. The number of alkyl halides is 3. The van der Waals surface area contributed by atoms with E-state index in [-0.39, 0.29) is 30.0 Å². The van der Waals surface area contributed by atoms with Gasteiger partial charge < -0.3 is 16.2 Å². The monoisotopic (exact) mass is 263 g/mol. The van der Waals surface area contributed by atoms with Crippen LogP contribution in [0.5, 0.6) is 0 Å². The minimum atomic E-state index is -4.20. The van der Waals surface area contributed by atoms with Crippen LogP contribution < -0.4 is 11.1 Å². The fourth-order valence-electron chi connectivity index (χ4n) is 1.30. The highest BCUT2D eigenvalue weighted by molar-refractivity contribution is 5.96. The second-order valence-electron chi connectivity index (χ2n) is 3.57. The first-order chi connectivity index (χ1) is 8.31. The zero-order chi connectivity index (χ0) is 13.8. The predicted octanol–water partition coefficient (Wildman–Crippen LogP) is 2.12. The number of hydrogen-bond donors (Lipinski definition) is 3. The molecular weight excluding hydrogens is 251 g/mol. The van der Waals surface area contributed by atoms with Gasteiger partial charge >= 0.3 is 12.1 Å². The zero-order valence-electron chi connectivity index (χ0n) is 9.29. The molecule has 1 rings (SSSR count). The topological polar surface area (TPSA) is 88.2 Å². The minimum absolute atomic E-state index is 0.0137. The molecule has 0 aromatic carbocycles. The van der Waals surface area contributed by atoms with Gasteiger partial charge in [0.25, 0.3) is 0 Å². The highest BCUT2D eigenvalue weighted by Crippen LogP contribution is 2.22. The summed E-state index contributed by atoms with van der Waals surface area (Å²) < 4.78 is 35.7. The van der Waals surface area contributed by atoms with Crippen molar-refractivity contribution in [2.24, 2.45) is 0 Å². The van der Waals surface area contributed by atoms with E-state index in [9.17, 15) is 18.0 Å². The Labute approximate surface area is 101 Å². The van der Waals surface area contributed by atoms with Gasteiger partial charge in [-0.05, 0) is 12.5 Å². The van der Waals surface area contributed by atoms with Crippen LogP contribution in [0.1, 0.15) is 23.2 Å². The average Bonchev–Trinajstić information content (AvgIpc) is 2.24. The van der Waals surface area contributed by atoms with Crippen LogP contribution in [-0.4, -0.2) is 28.8 Å². The van der Waals surface area contributed by atoms with Crippen LogP contribution in [0.4, 0.5) is 24.7 Å². The van der Waals surface area contributed by atoms with E-state index in [2.05, 4.69) is 10.3 Å². The number of carboxylic acid groups (broad SMARTS) is 1. The number of aromatic nitrogens is 1. The fourth-order valence-corrected chi connectivity index (χ4v) is 1.30. The number of hydrogen-bond acceptors (Lipinski definition) is 4. The van der Waals surface area contributed by atoms with Crippen molar-refractivity contribution in [1.29, 1.82) is 0 Å². The third-order valence-corrected chi connectivity index (χ3v) is 2.15. The van der Waals surface area contributed by atoms with Gasteiger partial charge in [0.2, 0.25) is 0 Å². The number of nitrogen functional groups attached to an aromatic ring is 1. The highest BCUT2D eigenvalue weighted by Gasteiger charge is 2.25. The van der Waals surface area contributed by atoms with E-state index in [1.54, 1.807) is 0 Å². The molecule has 100 valence electrons. The number of nitrogens with one attached hydrogen (secondary N) is 1. The number of nitrogens with two attached hydrogens (primary N) is 1. The smallest absolute Gasteiger partial charge is 0.389 e. The molecule has 0 spiro atoms. The molecule has 0 aliphatic heterocycles. The molecular formula is C10H12F3N3O2. The standard InChI is InChI=1S/C10H12F3N3O2/c11-10(12,13)3-1-4-15-8-7(14)6(9(17)18)2-5-16-8/h2,5H,1,3-4,14H2,(H,15,16)(H,17,18). The van der Waals surface area contributed by atoms with Crippen molar-refractivity contribution < 1.29 is 23.1 Å². The number of anilines is 2. The lowest BCUT2D eigenvalue weighted by atomic mass is 10.2. The van der Waals surface area contributed by atoms with E-state index >= 15 is 0 Å². The van der Waals surface area contributed by atoms with Gasteiger partial charge in [-0.15, -0.1) is 0 Å². The summed E-state index contributed by atoms with van der Waals surface area (Å²) in [6.07, 6.45) is -4.03. The summed E-state index contributed by atoms with van der Waals surface area (Å²) in [6.45, 7) is 0.0137. The van der Waals surface area contributed by atoms with Gasteiger partial charge in [-0.2, -0.15) is 13.2 Å². The number of carboxylic acids is 1. The summed E-state index contributed by atoms with van der Waals surface area (Å²) in [6, 6.07) is 1.22. The zero-order valence-corrected chi connectivity index (χ0v) is 9.29. The van der Waals surface area contributed by atoms with Crippen molar-refractivity contribution in [3.05, 3.63) is 17.8 Å². The second kappa shape index (κ2) is 5.56. The molecule has 5 nitrogen and oxygen atoms in total. The Hall–Kier alpha value is -1.99. The third kappa shape index (κ3) is 4.11. The Morgan fingerprint density at radius 2 is 2.17 bits per heavy atom. The molecule has 1 heterocycles. The van der Waals surface area contributed by atoms with Crippen LogP contribution in [0.25, 0.3) is 0 Å². The predicted molar refractivity (Wildman–Crippen MR) is 59.4 cm³/mol. The Balaban J connectivity index is 2.58. The lowest BCUT2D eigenvalue weighted by Gasteiger charge is -2.10. The second-order valence-corrected chi connectivity index (χ2v) is 3.57. The minimum Gasteiger partial charge on any atom is -0.478 e. The lowest BCUT2D eigenvalue weighted by molar-refractivity contribution is -0.134. The molecule has 18 heavy (non-hydrogen) atoms. The Bertz CT molecular complexity index is 435. The van der Waals surface area contributed by atoms with Gasteiger partial charge in [0.1, 0.15) is 5.82 Å². The SMILES string of the molecule is Nc1c(C(=O)O)ccnc1NCCCC(F)(F)F. The fraction of sp³-hybridized carbons (Fsp3) is 0.400. The molecule has 0 unspecified atom stereocenters. The summed E-state index contributed by atoms with van der Waals surface area (Å²) in [5, 5.41) is 11.4. The van der Waals surface area contributed by atoms with Gasteiger partial charge in [0.15, 0.2) is 0 Å². The van der Waals surface area contributed by atoms with E-state index in [0.717, 1.165) is 0 Å². The van der Waals surface area contributed by atoms with Crippen LogP contribution in [0, 0.1) is 0 Å². The summed E-state index contributed by atoms with van der Waals surface area (Å²) in [5.41, 5.74) is 5.30. The van der Waals surface area contributed by atoms with Crippen molar-refractivity contribution >= 4 is 17.5 Å². The molecule has 0 saturated heterocycles. The molecule has 0 amide bonds. The van der Waals surface area contributed by atoms with Crippen molar-refractivity contribution in [3.8, 4) is 0 Å². The summed E-state index contributed by atoms with van der Waals surface area (Å²) in [7, 11) is 0. The molecule has 0 atom stereocenters. The highest BCUT2D eigenvalue weighted by atomic mass is 19.4. The van der Waals surface area contributed by atoms with E-state index < -0.39 is 18.6 Å². The van der Waals surface area contributed by atoms with Crippen LogP contribution in [0.15, 0.2) is 12.3 Å². The average molecular weight is 263 g/mol. The quantitative estimate of drug-likeness (QED) is 0.708. The molecule has 0 aliphatic rings. The maximum absolute atomic E-state index is 11.9. The van der Waals surface area contributed by atoms with Gasteiger partial charge in [-0.25, -0.2) is 9.78 Å². The molecule has 4 N–H and O–H groups in total. The maximum Gasteiger partial charge on any atom is 0.389 e. The van der Waals surface area contributed by atoms with Gasteiger partial charge in [0, 0.05) is 19.2 Å². The molecule has 8 heteroatoms. The number of carbonyl (C=O) groups is 1. The molecule has 1 aromatic rings. The molecule has 0 bridgehead atoms. The molecule has 0 fully saturated rings. The lowest BCUT2D eigenvalue weighted by Crippen LogP contribution is -2.13. The number of nitrogens with zero attached hydrogens (tertiary/aromatic N) is 1. The third-order valence-electron chi connectivity index (χ3n) is 2.15. The van der Waals surface area contributed by atoms with Crippen molar-refractivity contribution in [2.75, 3.05) is 17.6 Å². The van der Waals surface area contributed by atoms with Gasteiger partial charge in [-0.1, -0.05) is 0 Å². The number of halogens is 3. The van der Waals surface area contributed by atoms with Crippen LogP contribution in [-0.2, 0) is 0 Å². The Kier molecular flexibility index (Phi) is 4.35. The van der Waals surface area contributed by atoms with Crippen LogP contribution in [0.3, 0.4) is 0 Å². The number of aromatic carboxylic acids is 1. The summed E-state index contributed by atoms with van der Waals surface area (Å²) >= 11 is 0. The number of pyridine rings is 1. The molecule has 0 aliphatic carbocycles. The van der Waals surface area contributed by atoms with Crippen molar-refractivity contribution in [2.45, 2.75) is 19.0 Å². The van der Waals surface area contributed by atoms with E-state index in [0.29, 0.717) is 0 Å². The summed E-state index contributed by atoms with van der Waals surface area (Å²) in [5.74, 6) is -1.13. The van der Waals surface area contributed by atoms with E-state index in [4.69, 9.17) is 10.8 Å². The number of rotatable bonds is 5. The largest absolute Gasteiger partial charge is 0.478 e. The van der Waals surface area contributed by atoms with Gasteiger partial charge in [0.05, 0.1) is 11.3 Å². The Morgan fingerprint density at radius 1 is 1.50 bits per heavy atom. The first-order valence-electron chi connectivity index (χ1n) is 5.09. The van der Waals surface area contributed by atoms with Gasteiger partial charge in [-0.3, -0.25) is 0 Å². The van der Waals surface area contributed by atoms with E-state index in [1.807, 2.05) is 0 Å². The maximum atomic E-state index is 11.9. The van der Waals surface area contributed by atoms with E-state index in [1.165, 1.54) is 12.3 Å². The first-order valence-corrected chi connectivity index (χ1v) is 5.09. The van der Waals surface area contributed by atoms with Crippen LogP contribution in [0.2, 0.25) is 0 Å². The van der Waals surface area contributed by atoms with Crippen molar-refractivity contribution in [1.82, 2.24) is 4.98 Å². The van der Waals surface area contributed by atoms with Crippen molar-refractivity contribution in [3.63, 3.8) is 0 Å². The molecule has 0 saturated carbocycles. The summed E-state index contributed by atoms with van der Waals surface area (Å²) in [4.78, 5) is 14.5.